The first kappa shape index (κ1) is 70.3. The quantitative estimate of drug-likeness (QED) is 0.0280. The van der Waals surface area contributed by atoms with E-state index in [-0.39, 0.29) is 84.2 Å². The molecule has 3 saturated carbocycles. The van der Waals surface area contributed by atoms with Crippen LogP contribution in [0.1, 0.15) is 114 Å². The summed E-state index contributed by atoms with van der Waals surface area (Å²) in [5, 5.41) is 134. The minimum Gasteiger partial charge on any atom is -0.726 e. The van der Waals surface area contributed by atoms with Crippen molar-refractivity contribution < 1.29 is 160 Å². The van der Waals surface area contributed by atoms with Gasteiger partial charge in [0, 0.05) is 12.3 Å². The van der Waals surface area contributed by atoms with Crippen molar-refractivity contribution in [2.24, 2.45) is 46.3 Å². The second kappa shape index (κ2) is 27.2. The molecule has 3 unspecified atom stereocenters. The largest absolute Gasteiger partial charge is 1.00 e. The predicted octanol–water partition coefficient (Wildman–Crippen LogP) is -5.13. The second-order valence-electron chi connectivity index (χ2n) is 26.6. The number of carbonyl (C=O) groups excluding carboxylic acids is 1. The third-order valence-corrected chi connectivity index (χ3v) is 21.3. The fraction of sp³-hybridized carbons (Fsp3) is 0.946. The van der Waals surface area contributed by atoms with Crippen LogP contribution in [0.5, 0.6) is 0 Å². The summed E-state index contributed by atoms with van der Waals surface area (Å²) in [6.07, 6.45) is -34.6. The van der Waals surface area contributed by atoms with E-state index < -0.39 is 199 Å². The van der Waals surface area contributed by atoms with Gasteiger partial charge in [0.2, 0.25) is 10.4 Å². The smallest absolute Gasteiger partial charge is 0.726 e. The molecule has 85 heavy (non-hydrogen) atoms. The van der Waals surface area contributed by atoms with Gasteiger partial charge in [0.25, 0.3) is 0 Å². The van der Waals surface area contributed by atoms with Crippen LogP contribution < -0.4 is 29.6 Å². The van der Waals surface area contributed by atoms with Gasteiger partial charge in [0.15, 0.2) is 31.5 Å². The van der Waals surface area contributed by atoms with Crippen LogP contribution in [-0.4, -0.2) is 252 Å². The molecule has 0 radical (unpaired) electrons. The average Bonchev–Trinajstić information content (AvgIpc) is 2.06. The summed E-state index contributed by atoms with van der Waals surface area (Å²) in [5.74, 6) is -1.10. The van der Waals surface area contributed by atoms with Crippen molar-refractivity contribution in [2.75, 3.05) is 13.2 Å². The summed E-state index contributed by atoms with van der Waals surface area (Å²) >= 11 is 0. The topological polar surface area (TPSA) is 419 Å². The Labute approximate surface area is 517 Å². The van der Waals surface area contributed by atoms with Crippen LogP contribution in [0.4, 0.5) is 0 Å². The van der Waals surface area contributed by atoms with Crippen LogP contribution in [0.2, 0.25) is 0 Å². The number of ketones is 1. The second-order valence-corrected chi connectivity index (χ2v) is 27.6. The molecule has 0 amide bonds. The monoisotopic (exact) mass is 1250 g/mol. The number of aliphatic hydroxyl groups excluding tert-OH is 11. The summed E-state index contributed by atoms with van der Waals surface area (Å²) in [4.78, 5) is 13.5. The van der Waals surface area contributed by atoms with Crippen molar-refractivity contribution >= 4 is 16.2 Å². The molecule has 484 valence electrons. The van der Waals surface area contributed by atoms with Gasteiger partial charge in [-0.15, -0.1) is 0 Å². The van der Waals surface area contributed by atoms with Crippen LogP contribution in [0.15, 0.2) is 11.6 Å². The van der Waals surface area contributed by atoms with Gasteiger partial charge < -0.3 is 113 Å². The molecule has 4 aliphatic carbocycles. The molecule has 0 aromatic carbocycles. The first-order valence-electron chi connectivity index (χ1n) is 29.7. The van der Waals surface area contributed by atoms with Gasteiger partial charge in [-0.25, -0.2) is 8.42 Å². The van der Waals surface area contributed by atoms with Crippen molar-refractivity contribution in [1.82, 2.24) is 0 Å². The molecule has 27 nitrogen and oxygen atoms in total. The standard InChI is InChI=1S/C56H92O27S.Na/c1-21(2)22(3)31(57)18-56(9,69)35-11-10-28-27-17-33(30-16-26(83-84(70,71)72)12-14-54(30,7)29(27)13-15-55(28,35)8)78-51-45(68)46(38(61)25(6)77-51)80-53-48(82-50-44(67)42(65)37(60)24(5)76-50)40(63)34(20-74-53)79-52-47(39(62)32(58)19-73-52)81-49-43(66)41(64)36(59)23(4)75-49;/h13,21-28,30,32-53,58-69H,10-12,14-20H2,1-9H3,(H,70,71,72);/q;+1/p-1/t22-,23-,24-,25-,26+,27?,28?,30?,32+,33+,34-,35+,36+,37+,38-,39+,40+,41-,42+,43-,44-,45-,46+,47-,48-,49-,50-,51+,52+,53+,54-,55+,56-;/m1./s1. The minimum absolute atomic E-state index is 0. The first-order chi connectivity index (χ1) is 39.2. The zero-order valence-corrected chi connectivity index (χ0v) is 52.8. The van der Waals surface area contributed by atoms with E-state index in [2.05, 4.69) is 19.9 Å². The number of hydrogen-bond acceptors (Lipinski definition) is 27. The Morgan fingerprint density at radius 1 is 0.647 bits per heavy atom. The number of hydrogen-bond donors (Lipinski definition) is 12. The van der Waals surface area contributed by atoms with Crippen LogP contribution >= 0.6 is 0 Å². The first-order valence-corrected chi connectivity index (χ1v) is 31.1. The van der Waals surface area contributed by atoms with Gasteiger partial charge in [0.1, 0.15) is 97.3 Å². The van der Waals surface area contributed by atoms with Crippen molar-refractivity contribution in [3.8, 4) is 0 Å². The van der Waals surface area contributed by atoms with E-state index in [9.17, 15) is 79.0 Å². The molecule has 9 aliphatic rings. The molecule has 12 N–H and O–H groups in total. The molecule has 0 aromatic heterocycles. The maximum Gasteiger partial charge on any atom is 1.00 e. The van der Waals surface area contributed by atoms with E-state index >= 15 is 0 Å². The number of rotatable bonds is 17. The van der Waals surface area contributed by atoms with Crippen molar-refractivity contribution in [3.63, 3.8) is 0 Å². The Balaban J connectivity index is 0.00000940. The summed E-state index contributed by atoms with van der Waals surface area (Å²) in [6, 6.07) is 0. The molecule has 33 atom stereocenters. The summed E-state index contributed by atoms with van der Waals surface area (Å²) in [6.45, 7) is 14.9. The fourth-order valence-corrected chi connectivity index (χ4v) is 15.9. The van der Waals surface area contributed by atoms with Crippen LogP contribution in [0.25, 0.3) is 0 Å². The molecule has 9 rings (SSSR count). The Morgan fingerprint density at radius 2 is 1.16 bits per heavy atom. The number of ether oxygens (including phenoxy) is 10. The van der Waals surface area contributed by atoms with E-state index in [1.807, 2.05) is 20.8 Å². The number of allylic oxidation sites excluding steroid dienone is 2. The maximum atomic E-state index is 13.5. The molecule has 0 spiro atoms. The van der Waals surface area contributed by atoms with Gasteiger partial charge in [-0.1, -0.05) is 46.3 Å². The van der Waals surface area contributed by atoms with Gasteiger partial charge >= 0.3 is 29.6 Å². The zero-order chi connectivity index (χ0) is 61.6. The van der Waals surface area contributed by atoms with Crippen LogP contribution in [-0.2, 0) is 66.7 Å². The predicted molar refractivity (Wildman–Crippen MR) is 282 cm³/mol. The molecule has 0 bridgehead atoms. The summed E-state index contributed by atoms with van der Waals surface area (Å²) in [5.41, 5.74) is -1.30. The van der Waals surface area contributed by atoms with E-state index in [4.69, 9.17) is 51.6 Å². The Kier molecular flexibility index (Phi) is 22.5. The molecule has 5 saturated heterocycles. The number of carbonyl (C=O) groups is 1. The van der Waals surface area contributed by atoms with Gasteiger partial charge in [-0.3, -0.25) is 8.98 Å². The van der Waals surface area contributed by atoms with Crippen molar-refractivity contribution in [3.05, 3.63) is 11.6 Å². The third kappa shape index (κ3) is 14.0. The van der Waals surface area contributed by atoms with E-state index in [1.165, 1.54) is 20.8 Å². The van der Waals surface area contributed by atoms with Crippen LogP contribution in [0, 0.1) is 46.3 Å². The molecule has 29 heteroatoms. The Morgan fingerprint density at radius 3 is 1.74 bits per heavy atom. The molecular weight excluding hydrogens is 1160 g/mol. The fourth-order valence-electron chi connectivity index (χ4n) is 15.4. The van der Waals surface area contributed by atoms with E-state index in [0.29, 0.717) is 25.7 Å². The molecule has 0 aromatic rings. The number of Topliss-reactive ketones (excluding diaryl/α,β-unsaturated/α-hetero) is 1. The normalized spacial score (nSPS) is 50.6. The van der Waals surface area contributed by atoms with Crippen molar-refractivity contribution in [1.29, 1.82) is 0 Å². The summed E-state index contributed by atoms with van der Waals surface area (Å²) < 4.78 is 102. The molecular formula is C56H91NaO27S. The van der Waals surface area contributed by atoms with E-state index in [0.717, 1.165) is 12.0 Å². The molecule has 8 fully saturated rings. The van der Waals surface area contributed by atoms with Crippen LogP contribution in [0.3, 0.4) is 0 Å². The van der Waals surface area contributed by atoms with Gasteiger partial charge in [-0.05, 0) is 113 Å². The number of fused-ring (bicyclic) bond motifs is 5. The molecule has 5 aliphatic heterocycles. The van der Waals surface area contributed by atoms with Crippen molar-refractivity contribution in [2.45, 2.75) is 273 Å². The Bertz CT molecular complexity index is 2410. The zero-order valence-electron chi connectivity index (χ0n) is 49.9. The maximum absolute atomic E-state index is 13.5. The Hall–Kier alpha value is -0.600. The average molecular weight is 1250 g/mol. The van der Waals surface area contributed by atoms with Gasteiger partial charge in [0.05, 0.1) is 49.3 Å². The SMILES string of the molecule is CC(C)[C@@H](C)C(=O)C[C@@](C)(O)[C@H]1CCC2C3C[C@H](O[C@@H]4O[C@H](C)[C@@H](O)[C@H](O[C@@H]5OC[C@@H](O[C@@H]6OC[C@H](O)[C@H](O)[C@H]6O[C@H]6O[C@H](C)[C@H](O)[C@@H](O)[C@H]6O)[C@H](O)[C@H]5O[C@H]5O[C@H](C)[C@H](O)[C@H](O)[C@H]5O)[C@H]4O)C4C[C@@H](OS(=O)(=O)[O-])CC[C@]4(C)C3=CC[C@@]21C.[Na+]. The molecule has 5 heterocycles. The number of aliphatic hydroxyl groups is 12. The minimum atomic E-state index is -5.13. The summed E-state index contributed by atoms with van der Waals surface area (Å²) in [7, 11) is -5.13. The third-order valence-electron chi connectivity index (χ3n) is 20.7. The van der Waals surface area contributed by atoms with E-state index in [1.54, 1.807) is 6.92 Å². The van der Waals surface area contributed by atoms with Gasteiger partial charge in [-0.2, -0.15) is 0 Å².